The highest BCUT2D eigenvalue weighted by atomic mass is 16.5. The van der Waals surface area contributed by atoms with Crippen molar-refractivity contribution < 1.29 is 19.4 Å². The fourth-order valence-corrected chi connectivity index (χ4v) is 3.69. The zero-order chi connectivity index (χ0) is 17.9. The first-order valence-corrected chi connectivity index (χ1v) is 8.71. The molecule has 2 saturated heterocycles. The molecule has 2 fully saturated rings. The highest BCUT2D eigenvalue weighted by molar-refractivity contribution is 5.80. The number of hydrogen-bond donors (Lipinski definition) is 1. The first-order chi connectivity index (χ1) is 11.2. The van der Waals surface area contributed by atoms with Gasteiger partial charge in [-0.2, -0.15) is 0 Å². The van der Waals surface area contributed by atoms with Crippen LogP contribution in [0.5, 0.6) is 0 Å². The number of hydrogen-bond acceptors (Lipinski definition) is 5. The van der Waals surface area contributed by atoms with Gasteiger partial charge >= 0.3 is 5.97 Å². The van der Waals surface area contributed by atoms with E-state index in [9.17, 15) is 9.59 Å². The van der Waals surface area contributed by atoms with Gasteiger partial charge in [0, 0.05) is 38.8 Å². The number of carboxylic acid groups (broad SMARTS) is 1. The molecular weight excluding hydrogens is 310 g/mol. The van der Waals surface area contributed by atoms with Gasteiger partial charge in [0.15, 0.2) is 0 Å². The van der Waals surface area contributed by atoms with Gasteiger partial charge < -0.3 is 14.7 Å². The van der Waals surface area contributed by atoms with Gasteiger partial charge in [-0.3, -0.25) is 19.4 Å². The van der Waals surface area contributed by atoms with Crippen molar-refractivity contribution in [2.75, 3.05) is 53.0 Å². The SMILES string of the molecule is COC[C@H]1CN(CC(=O)O)CCN1C(=O)C1CCN(C(C)(C)C)C1. The first-order valence-electron chi connectivity index (χ1n) is 8.71. The summed E-state index contributed by atoms with van der Waals surface area (Å²) in [5.41, 5.74) is 0.0845. The van der Waals surface area contributed by atoms with E-state index in [-0.39, 0.29) is 30.0 Å². The standard InChI is InChI=1S/C17H31N3O4/c1-17(2,3)19-6-5-13(9-19)16(23)20-8-7-18(11-15(21)22)10-14(20)12-24-4/h13-14H,5-12H2,1-4H3,(H,21,22)/t13?,14-/m1/s1. The van der Waals surface area contributed by atoms with Crippen molar-refractivity contribution in [1.82, 2.24) is 14.7 Å². The molecule has 1 unspecified atom stereocenters. The molecule has 7 nitrogen and oxygen atoms in total. The number of carboxylic acids is 1. The zero-order valence-corrected chi connectivity index (χ0v) is 15.3. The number of likely N-dealkylation sites (tertiary alicyclic amines) is 1. The molecule has 0 bridgehead atoms. The maximum Gasteiger partial charge on any atom is 0.317 e. The van der Waals surface area contributed by atoms with Crippen LogP contribution in [0.3, 0.4) is 0 Å². The number of ether oxygens (including phenoxy) is 1. The van der Waals surface area contributed by atoms with Crippen molar-refractivity contribution in [3.63, 3.8) is 0 Å². The third kappa shape index (κ3) is 4.68. The van der Waals surface area contributed by atoms with Crippen molar-refractivity contribution in [2.45, 2.75) is 38.8 Å². The molecule has 1 N–H and O–H groups in total. The monoisotopic (exact) mass is 341 g/mol. The third-order valence-corrected chi connectivity index (χ3v) is 5.05. The van der Waals surface area contributed by atoms with E-state index in [1.807, 2.05) is 9.80 Å². The molecule has 2 rings (SSSR count). The van der Waals surface area contributed by atoms with Gasteiger partial charge in [-0.05, 0) is 33.7 Å². The van der Waals surface area contributed by atoms with E-state index in [1.54, 1.807) is 7.11 Å². The summed E-state index contributed by atoms with van der Waals surface area (Å²) in [7, 11) is 1.62. The molecule has 7 heteroatoms. The molecule has 2 atom stereocenters. The number of carbonyl (C=O) groups excluding carboxylic acids is 1. The van der Waals surface area contributed by atoms with Crippen LogP contribution in [0.25, 0.3) is 0 Å². The number of carbonyl (C=O) groups is 2. The van der Waals surface area contributed by atoms with Crippen LogP contribution in [-0.2, 0) is 14.3 Å². The smallest absolute Gasteiger partial charge is 0.317 e. The summed E-state index contributed by atoms with van der Waals surface area (Å²) in [6.45, 7) is 10.5. The second-order valence-corrected chi connectivity index (χ2v) is 7.87. The fourth-order valence-electron chi connectivity index (χ4n) is 3.69. The van der Waals surface area contributed by atoms with E-state index in [1.165, 1.54) is 0 Å². The van der Waals surface area contributed by atoms with Crippen molar-refractivity contribution in [3.8, 4) is 0 Å². The molecule has 0 spiro atoms. The van der Waals surface area contributed by atoms with Crippen LogP contribution in [0.4, 0.5) is 0 Å². The van der Waals surface area contributed by atoms with Crippen LogP contribution in [-0.4, -0.2) is 96.2 Å². The van der Waals surface area contributed by atoms with Gasteiger partial charge in [0.2, 0.25) is 5.91 Å². The van der Waals surface area contributed by atoms with Gasteiger partial charge in [0.1, 0.15) is 0 Å². The van der Waals surface area contributed by atoms with Crippen LogP contribution in [0.2, 0.25) is 0 Å². The first kappa shape index (κ1) is 19.1. The Bertz CT molecular complexity index is 463. The summed E-state index contributed by atoms with van der Waals surface area (Å²) >= 11 is 0. The van der Waals surface area contributed by atoms with Crippen LogP contribution < -0.4 is 0 Å². The van der Waals surface area contributed by atoms with Crippen molar-refractivity contribution in [3.05, 3.63) is 0 Å². The molecule has 0 aromatic rings. The molecule has 2 aliphatic heterocycles. The molecule has 0 radical (unpaired) electrons. The van der Waals surface area contributed by atoms with E-state index in [0.717, 1.165) is 19.5 Å². The van der Waals surface area contributed by atoms with Gasteiger partial charge in [-0.1, -0.05) is 0 Å². The minimum atomic E-state index is -0.831. The van der Waals surface area contributed by atoms with Crippen molar-refractivity contribution in [2.24, 2.45) is 5.92 Å². The van der Waals surface area contributed by atoms with E-state index in [2.05, 4.69) is 25.7 Å². The minimum Gasteiger partial charge on any atom is -0.480 e. The van der Waals surface area contributed by atoms with E-state index in [0.29, 0.717) is 26.2 Å². The predicted octanol–water partition coefficient (Wildman–Crippen LogP) is 0.351. The quantitative estimate of drug-likeness (QED) is 0.778. The summed E-state index contributed by atoms with van der Waals surface area (Å²) in [6, 6.07) is -0.0701. The Kier molecular flexibility index (Phi) is 6.22. The average molecular weight is 341 g/mol. The second-order valence-electron chi connectivity index (χ2n) is 7.87. The minimum absolute atomic E-state index is 0.0173. The lowest BCUT2D eigenvalue weighted by molar-refractivity contribution is -0.144. The third-order valence-electron chi connectivity index (χ3n) is 5.05. The summed E-state index contributed by atoms with van der Waals surface area (Å²) in [6.07, 6.45) is 0.894. The highest BCUT2D eigenvalue weighted by Gasteiger charge is 2.39. The van der Waals surface area contributed by atoms with Crippen molar-refractivity contribution in [1.29, 1.82) is 0 Å². The molecule has 138 valence electrons. The topological polar surface area (TPSA) is 73.3 Å². The largest absolute Gasteiger partial charge is 0.480 e. The Hall–Kier alpha value is -1.18. The molecule has 24 heavy (non-hydrogen) atoms. The molecule has 1 amide bonds. The van der Waals surface area contributed by atoms with Gasteiger partial charge in [-0.15, -0.1) is 0 Å². The van der Waals surface area contributed by atoms with Crippen molar-refractivity contribution >= 4 is 11.9 Å². The normalized spacial score (nSPS) is 26.8. The molecule has 2 heterocycles. The van der Waals surface area contributed by atoms with Crippen LogP contribution in [0.15, 0.2) is 0 Å². The number of amides is 1. The van der Waals surface area contributed by atoms with Crippen LogP contribution >= 0.6 is 0 Å². The molecule has 0 saturated carbocycles. The highest BCUT2D eigenvalue weighted by Crippen LogP contribution is 2.27. The Balaban J connectivity index is 1.99. The van der Waals surface area contributed by atoms with E-state index >= 15 is 0 Å². The Morgan fingerprint density at radius 3 is 2.42 bits per heavy atom. The van der Waals surface area contributed by atoms with E-state index < -0.39 is 5.97 Å². The van der Waals surface area contributed by atoms with Gasteiger partial charge in [-0.25, -0.2) is 0 Å². The number of piperazine rings is 1. The van der Waals surface area contributed by atoms with E-state index in [4.69, 9.17) is 9.84 Å². The summed E-state index contributed by atoms with van der Waals surface area (Å²) < 4.78 is 5.27. The molecule has 2 aliphatic rings. The maximum atomic E-state index is 13.0. The Labute approximate surface area is 144 Å². The van der Waals surface area contributed by atoms with Crippen LogP contribution in [0.1, 0.15) is 27.2 Å². The molecular formula is C17H31N3O4. The lowest BCUT2D eigenvalue weighted by Gasteiger charge is -2.41. The van der Waals surface area contributed by atoms with Gasteiger partial charge in [0.25, 0.3) is 0 Å². The average Bonchev–Trinajstić information content (AvgIpc) is 2.96. The lowest BCUT2D eigenvalue weighted by atomic mass is 10.0. The predicted molar refractivity (Wildman–Crippen MR) is 90.9 cm³/mol. The summed E-state index contributed by atoms with van der Waals surface area (Å²) in [4.78, 5) is 30.1. The van der Waals surface area contributed by atoms with Crippen LogP contribution in [0, 0.1) is 5.92 Å². The number of rotatable bonds is 5. The zero-order valence-electron chi connectivity index (χ0n) is 15.3. The number of aliphatic carboxylic acids is 1. The Morgan fingerprint density at radius 2 is 1.88 bits per heavy atom. The summed E-state index contributed by atoms with van der Waals surface area (Å²) in [5.74, 6) is -0.601. The maximum absolute atomic E-state index is 13.0. The molecule has 0 aromatic heterocycles. The van der Waals surface area contributed by atoms with Gasteiger partial charge in [0.05, 0.1) is 25.1 Å². The molecule has 0 aliphatic carbocycles. The fraction of sp³-hybridized carbons (Fsp3) is 0.882. The number of methoxy groups -OCH3 is 1. The number of nitrogens with zero attached hydrogens (tertiary/aromatic N) is 3. The molecule has 0 aromatic carbocycles. The Morgan fingerprint density at radius 1 is 1.17 bits per heavy atom. The summed E-state index contributed by atoms with van der Waals surface area (Å²) in [5, 5.41) is 8.98. The lowest BCUT2D eigenvalue weighted by Crippen LogP contribution is -2.58. The second kappa shape index (κ2) is 7.80.